The molecule has 1 saturated heterocycles. The summed E-state index contributed by atoms with van der Waals surface area (Å²) in [5, 5.41) is 11.6. The highest BCUT2D eigenvalue weighted by Gasteiger charge is 2.36. The van der Waals surface area contributed by atoms with E-state index >= 15 is 0 Å². The standard InChI is InChI=1S/C15H20FN3O/c16-12-9-11(15(17)18-20)5-6-14(12)19-8-7-10-3-1-2-4-13(10)19/h5-6,9-10,13,20H,1-4,7-8H2,(H2,17,18). The molecule has 0 radical (unpaired) electrons. The predicted octanol–water partition coefficient (Wildman–Crippen LogP) is 2.69. The van der Waals surface area contributed by atoms with E-state index in [1.165, 1.54) is 25.3 Å². The van der Waals surface area contributed by atoms with E-state index in [0.29, 0.717) is 23.2 Å². The molecule has 0 bridgehead atoms. The molecule has 1 aliphatic carbocycles. The Kier molecular flexibility index (Phi) is 3.51. The Hall–Kier alpha value is -1.78. The highest BCUT2D eigenvalue weighted by Crippen LogP contribution is 2.39. The second-order valence-corrected chi connectivity index (χ2v) is 5.75. The van der Waals surface area contributed by atoms with Gasteiger partial charge in [0.25, 0.3) is 0 Å². The number of oxime groups is 1. The molecule has 2 atom stereocenters. The van der Waals surface area contributed by atoms with Crippen molar-refractivity contribution in [1.82, 2.24) is 0 Å². The lowest BCUT2D eigenvalue weighted by Crippen LogP contribution is -2.35. The van der Waals surface area contributed by atoms with Gasteiger partial charge in [-0.05, 0) is 43.4 Å². The Morgan fingerprint density at radius 1 is 1.30 bits per heavy atom. The Bertz CT molecular complexity index is 532. The third-order valence-electron chi connectivity index (χ3n) is 4.67. The van der Waals surface area contributed by atoms with E-state index in [-0.39, 0.29) is 11.7 Å². The van der Waals surface area contributed by atoms with Gasteiger partial charge in [-0.1, -0.05) is 18.0 Å². The van der Waals surface area contributed by atoms with Crippen LogP contribution in [0.3, 0.4) is 0 Å². The van der Waals surface area contributed by atoms with Crippen LogP contribution in [-0.2, 0) is 0 Å². The average molecular weight is 277 g/mol. The number of hydrogen-bond donors (Lipinski definition) is 2. The molecule has 1 aromatic carbocycles. The van der Waals surface area contributed by atoms with E-state index in [2.05, 4.69) is 10.1 Å². The monoisotopic (exact) mass is 277 g/mol. The number of benzene rings is 1. The largest absolute Gasteiger partial charge is 0.409 e. The van der Waals surface area contributed by atoms with Crippen LogP contribution in [0.5, 0.6) is 0 Å². The summed E-state index contributed by atoms with van der Waals surface area (Å²) >= 11 is 0. The van der Waals surface area contributed by atoms with Gasteiger partial charge in [-0.2, -0.15) is 0 Å². The first-order valence-corrected chi connectivity index (χ1v) is 7.25. The third-order valence-corrected chi connectivity index (χ3v) is 4.67. The minimum atomic E-state index is -0.291. The Balaban J connectivity index is 1.87. The first kappa shape index (κ1) is 13.2. The summed E-state index contributed by atoms with van der Waals surface area (Å²) in [6.45, 7) is 0.926. The van der Waals surface area contributed by atoms with Gasteiger partial charge in [0.05, 0.1) is 5.69 Å². The average Bonchev–Trinajstić information content (AvgIpc) is 2.90. The van der Waals surface area contributed by atoms with Crippen molar-refractivity contribution in [1.29, 1.82) is 0 Å². The van der Waals surface area contributed by atoms with Crippen molar-refractivity contribution < 1.29 is 9.60 Å². The van der Waals surface area contributed by atoms with E-state index in [1.807, 2.05) is 0 Å². The van der Waals surface area contributed by atoms with Gasteiger partial charge in [-0.15, -0.1) is 0 Å². The van der Waals surface area contributed by atoms with Crippen molar-refractivity contribution in [3.8, 4) is 0 Å². The topological polar surface area (TPSA) is 61.9 Å². The summed E-state index contributed by atoms with van der Waals surface area (Å²) in [7, 11) is 0. The first-order valence-electron chi connectivity index (χ1n) is 7.25. The lowest BCUT2D eigenvalue weighted by atomic mass is 9.85. The number of halogens is 1. The zero-order valence-corrected chi connectivity index (χ0v) is 11.4. The van der Waals surface area contributed by atoms with Crippen molar-refractivity contribution in [2.75, 3.05) is 11.4 Å². The number of amidine groups is 1. The summed E-state index contributed by atoms with van der Waals surface area (Å²) in [4.78, 5) is 2.20. The summed E-state index contributed by atoms with van der Waals surface area (Å²) in [6.07, 6.45) is 6.13. The zero-order valence-electron chi connectivity index (χ0n) is 11.4. The maximum atomic E-state index is 14.3. The van der Waals surface area contributed by atoms with E-state index in [9.17, 15) is 4.39 Å². The zero-order chi connectivity index (χ0) is 14.1. The van der Waals surface area contributed by atoms with Crippen LogP contribution < -0.4 is 10.6 Å². The van der Waals surface area contributed by atoms with Gasteiger partial charge in [0.2, 0.25) is 0 Å². The molecule has 1 heterocycles. The lowest BCUT2D eigenvalue weighted by Gasteiger charge is -2.33. The maximum Gasteiger partial charge on any atom is 0.170 e. The molecular formula is C15H20FN3O. The molecule has 2 unspecified atom stereocenters. The molecule has 1 aliphatic heterocycles. The molecule has 108 valence electrons. The fourth-order valence-electron chi connectivity index (χ4n) is 3.66. The fraction of sp³-hybridized carbons (Fsp3) is 0.533. The molecule has 1 saturated carbocycles. The number of anilines is 1. The van der Waals surface area contributed by atoms with Crippen LogP contribution in [0, 0.1) is 11.7 Å². The fourth-order valence-corrected chi connectivity index (χ4v) is 3.66. The van der Waals surface area contributed by atoms with Crippen LogP contribution >= 0.6 is 0 Å². The van der Waals surface area contributed by atoms with Crippen LogP contribution in [0.2, 0.25) is 0 Å². The minimum absolute atomic E-state index is 0.0626. The molecule has 3 rings (SSSR count). The van der Waals surface area contributed by atoms with Gasteiger partial charge in [0.1, 0.15) is 5.82 Å². The number of nitrogens with two attached hydrogens (primary N) is 1. The van der Waals surface area contributed by atoms with Gasteiger partial charge in [0, 0.05) is 18.2 Å². The Morgan fingerprint density at radius 3 is 2.85 bits per heavy atom. The predicted molar refractivity (Wildman–Crippen MR) is 76.6 cm³/mol. The summed E-state index contributed by atoms with van der Waals surface area (Å²) in [5.74, 6) is 0.361. The van der Waals surface area contributed by atoms with Crippen molar-refractivity contribution in [2.45, 2.75) is 38.1 Å². The smallest absolute Gasteiger partial charge is 0.170 e. The molecule has 1 aromatic rings. The van der Waals surface area contributed by atoms with Gasteiger partial charge in [-0.3, -0.25) is 0 Å². The van der Waals surface area contributed by atoms with Crippen LogP contribution in [-0.4, -0.2) is 23.6 Å². The lowest BCUT2D eigenvalue weighted by molar-refractivity contribution is 0.318. The van der Waals surface area contributed by atoms with Gasteiger partial charge >= 0.3 is 0 Å². The number of hydrogen-bond acceptors (Lipinski definition) is 3. The second-order valence-electron chi connectivity index (χ2n) is 5.75. The van der Waals surface area contributed by atoms with Crippen molar-refractivity contribution >= 4 is 11.5 Å². The number of rotatable bonds is 2. The molecule has 3 N–H and O–H groups in total. The maximum absolute atomic E-state index is 14.3. The Labute approximate surface area is 118 Å². The van der Waals surface area contributed by atoms with Gasteiger partial charge in [-0.25, -0.2) is 4.39 Å². The first-order chi connectivity index (χ1) is 9.70. The SMILES string of the molecule is N/C(=N/O)c1ccc(N2CCC3CCCCC32)c(F)c1. The van der Waals surface area contributed by atoms with Gasteiger partial charge < -0.3 is 15.8 Å². The van der Waals surface area contributed by atoms with E-state index in [0.717, 1.165) is 19.4 Å². The van der Waals surface area contributed by atoms with Crippen LogP contribution in [0.1, 0.15) is 37.7 Å². The van der Waals surface area contributed by atoms with Crippen molar-refractivity contribution in [3.63, 3.8) is 0 Å². The molecule has 2 fully saturated rings. The second kappa shape index (κ2) is 5.31. The molecule has 2 aliphatic rings. The van der Waals surface area contributed by atoms with Crippen LogP contribution in [0.4, 0.5) is 10.1 Å². The van der Waals surface area contributed by atoms with Crippen molar-refractivity contribution in [3.05, 3.63) is 29.6 Å². The van der Waals surface area contributed by atoms with Gasteiger partial charge in [0.15, 0.2) is 5.84 Å². The number of fused-ring (bicyclic) bond motifs is 1. The molecule has 0 spiro atoms. The van der Waals surface area contributed by atoms with E-state index in [4.69, 9.17) is 10.9 Å². The molecular weight excluding hydrogens is 257 g/mol. The molecule has 20 heavy (non-hydrogen) atoms. The van der Waals surface area contributed by atoms with E-state index < -0.39 is 0 Å². The normalized spacial score (nSPS) is 26.6. The highest BCUT2D eigenvalue weighted by molar-refractivity contribution is 5.97. The van der Waals surface area contributed by atoms with Crippen LogP contribution in [0.15, 0.2) is 23.4 Å². The highest BCUT2D eigenvalue weighted by atomic mass is 19.1. The molecule has 0 amide bonds. The van der Waals surface area contributed by atoms with Crippen LogP contribution in [0.25, 0.3) is 0 Å². The molecule has 0 aromatic heterocycles. The minimum Gasteiger partial charge on any atom is -0.409 e. The van der Waals surface area contributed by atoms with Crippen molar-refractivity contribution in [2.24, 2.45) is 16.8 Å². The van der Waals surface area contributed by atoms with E-state index in [1.54, 1.807) is 12.1 Å². The number of nitrogens with zero attached hydrogens (tertiary/aromatic N) is 2. The Morgan fingerprint density at radius 2 is 2.10 bits per heavy atom. The third kappa shape index (κ3) is 2.21. The molecule has 5 heteroatoms. The summed E-state index contributed by atoms with van der Waals surface area (Å²) < 4.78 is 14.3. The summed E-state index contributed by atoms with van der Waals surface area (Å²) in [6, 6.07) is 5.29. The summed E-state index contributed by atoms with van der Waals surface area (Å²) in [5.41, 5.74) is 6.55. The molecule has 4 nitrogen and oxygen atoms in total. The quantitative estimate of drug-likeness (QED) is 0.378.